The lowest BCUT2D eigenvalue weighted by atomic mass is 10.2. The zero-order chi connectivity index (χ0) is 26.4. The zero-order valence-corrected chi connectivity index (χ0v) is 22.9. The van der Waals surface area contributed by atoms with Gasteiger partial charge in [0.15, 0.2) is 11.5 Å². The molecule has 192 valence electrons. The summed E-state index contributed by atoms with van der Waals surface area (Å²) in [6, 6.07) is 14.9. The van der Waals surface area contributed by atoms with Crippen molar-refractivity contribution >= 4 is 44.6 Å². The molecule has 1 aromatic heterocycles. The Morgan fingerprint density at radius 2 is 1.89 bits per heavy atom. The Kier molecular flexibility index (Phi) is 8.95. The minimum absolute atomic E-state index is 0.196. The molecule has 37 heavy (non-hydrogen) atoms. The number of nitrogens with zero attached hydrogens (tertiary/aromatic N) is 3. The molecule has 0 atom stereocenters. The van der Waals surface area contributed by atoms with E-state index in [0.717, 1.165) is 22.9 Å². The van der Waals surface area contributed by atoms with Crippen LogP contribution in [-0.2, 0) is 13.0 Å². The first-order chi connectivity index (χ1) is 17.9. The predicted molar refractivity (Wildman–Crippen MR) is 149 cm³/mol. The Morgan fingerprint density at radius 3 is 2.62 bits per heavy atom. The number of hydrogen-bond donors (Lipinski definition) is 0. The highest BCUT2D eigenvalue weighted by molar-refractivity contribution is 9.10. The summed E-state index contributed by atoms with van der Waals surface area (Å²) in [5.41, 5.74) is 1.81. The number of rotatable bonds is 10. The molecule has 0 aliphatic carbocycles. The van der Waals surface area contributed by atoms with E-state index in [0.29, 0.717) is 51.8 Å². The van der Waals surface area contributed by atoms with Crippen molar-refractivity contribution in [3.63, 3.8) is 0 Å². The highest BCUT2D eigenvalue weighted by Gasteiger charge is 2.14. The molecule has 4 aromatic rings. The van der Waals surface area contributed by atoms with Crippen LogP contribution in [0.25, 0.3) is 10.9 Å². The van der Waals surface area contributed by atoms with Gasteiger partial charge < -0.3 is 9.47 Å². The van der Waals surface area contributed by atoms with Crippen molar-refractivity contribution in [2.45, 2.75) is 39.7 Å². The van der Waals surface area contributed by atoms with Gasteiger partial charge in [0.25, 0.3) is 5.56 Å². The van der Waals surface area contributed by atoms with Crippen LogP contribution in [0.2, 0.25) is 5.02 Å². The fourth-order valence-electron chi connectivity index (χ4n) is 3.74. The lowest BCUT2D eigenvalue weighted by molar-refractivity contribution is 0.269. The van der Waals surface area contributed by atoms with Crippen molar-refractivity contribution in [1.29, 1.82) is 0 Å². The number of halogens is 3. The van der Waals surface area contributed by atoms with Crippen LogP contribution in [0.4, 0.5) is 4.39 Å². The summed E-state index contributed by atoms with van der Waals surface area (Å²) in [5.74, 6) is 1.10. The minimum Gasteiger partial charge on any atom is -0.490 e. The summed E-state index contributed by atoms with van der Waals surface area (Å²) < 4.78 is 27.0. The summed E-state index contributed by atoms with van der Waals surface area (Å²) in [4.78, 5) is 18.0. The molecule has 0 saturated heterocycles. The van der Waals surface area contributed by atoms with Gasteiger partial charge in [0.1, 0.15) is 18.2 Å². The van der Waals surface area contributed by atoms with Crippen LogP contribution in [-0.4, -0.2) is 22.5 Å². The summed E-state index contributed by atoms with van der Waals surface area (Å²) in [6.45, 7) is 4.54. The second-order valence-corrected chi connectivity index (χ2v) is 9.66. The summed E-state index contributed by atoms with van der Waals surface area (Å²) in [7, 11) is 0. The molecule has 9 heteroatoms. The first-order valence-electron chi connectivity index (χ1n) is 12.0. The molecule has 0 radical (unpaired) electrons. The molecule has 3 aromatic carbocycles. The molecule has 0 aliphatic heterocycles. The lowest BCUT2D eigenvalue weighted by Crippen LogP contribution is -2.22. The van der Waals surface area contributed by atoms with Crippen molar-refractivity contribution in [2.75, 3.05) is 6.61 Å². The van der Waals surface area contributed by atoms with Gasteiger partial charge in [-0.15, -0.1) is 0 Å². The van der Waals surface area contributed by atoms with Crippen molar-refractivity contribution < 1.29 is 13.9 Å². The Bertz CT molecular complexity index is 1490. The molecule has 0 N–H and O–H groups in total. The first-order valence-corrected chi connectivity index (χ1v) is 13.2. The van der Waals surface area contributed by atoms with Gasteiger partial charge >= 0.3 is 0 Å². The lowest BCUT2D eigenvalue weighted by Gasteiger charge is -2.14. The van der Waals surface area contributed by atoms with Crippen LogP contribution >= 0.6 is 27.5 Å². The number of unbranched alkanes of at least 4 members (excludes halogenated alkanes) is 1. The summed E-state index contributed by atoms with van der Waals surface area (Å²) in [5, 5.41) is 5.30. The maximum Gasteiger partial charge on any atom is 0.282 e. The van der Waals surface area contributed by atoms with Gasteiger partial charge in [0.05, 0.1) is 28.7 Å². The maximum absolute atomic E-state index is 13.3. The van der Waals surface area contributed by atoms with Gasteiger partial charge in [0.2, 0.25) is 0 Å². The number of aryl methyl sites for hydroxylation is 1. The average Bonchev–Trinajstić information content (AvgIpc) is 2.88. The van der Waals surface area contributed by atoms with Crippen molar-refractivity contribution in [3.8, 4) is 11.5 Å². The van der Waals surface area contributed by atoms with Gasteiger partial charge in [-0.05, 0) is 66.9 Å². The quantitative estimate of drug-likeness (QED) is 0.185. The Morgan fingerprint density at radius 1 is 1.11 bits per heavy atom. The Balaban J connectivity index is 1.68. The molecule has 0 aliphatic rings. The van der Waals surface area contributed by atoms with E-state index in [2.05, 4.69) is 28.0 Å². The van der Waals surface area contributed by atoms with Crippen molar-refractivity contribution in [1.82, 2.24) is 9.66 Å². The molecule has 0 amide bonds. The number of benzene rings is 3. The normalized spacial score (nSPS) is 11.4. The van der Waals surface area contributed by atoms with Crippen molar-refractivity contribution in [2.24, 2.45) is 5.10 Å². The predicted octanol–water partition coefficient (Wildman–Crippen LogP) is 7.15. The van der Waals surface area contributed by atoms with Crippen LogP contribution in [0.3, 0.4) is 0 Å². The SMILES string of the molecule is CCCCc1nc2ccc(Br)cc2c(=O)n1N=Cc1cc(Cl)c(OCc2ccc(F)cc2)c(OCC)c1. The van der Waals surface area contributed by atoms with Crippen LogP contribution in [0.1, 0.15) is 43.6 Å². The molecule has 6 nitrogen and oxygen atoms in total. The van der Waals surface area contributed by atoms with Crippen molar-refractivity contribution in [3.05, 3.63) is 97.2 Å². The van der Waals surface area contributed by atoms with Gasteiger partial charge in [-0.3, -0.25) is 4.79 Å². The molecule has 0 bridgehead atoms. The highest BCUT2D eigenvalue weighted by atomic mass is 79.9. The fourth-order valence-corrected chi connectivity index (χ4v) is 4.37. The van der Waals surface area contributed by atoms with Gasteiger partial charge in [0, 0.05) is 10.9 Å². The van der Waals surface area contributed by atoms with Gasteiger partial charge in [-0.2, -0.15) is 9.78 Å². The highest BCUT2D eigenvalue weighted by Crippen LogP contribution is 2.37. The smallest absolute Gasteiger partial charge is 0.282 e. The fraction of sp³-hybridized carbons (Fsp3) is 0.250. The minimum atomic E-state index is -0.313. The van der Waals surface area contributed by atoms with Crippen LogP contribution in [0, 0.1) is 5.82 Å². The summed E-state index contributed by atoms with van der Waals surface area (Å²) >= 11 is 9.98. The van der Waals surface area contributed by atoms with E-state index in [1.807, 2.05) is 19.1 Å². The van der Waals surface area contributed by atoms with E-state index in [4.69, 9.17) is 26.1 Å². The Hall–Kier alpha value is -3.23. The van der Waals surface area contributed by atoms with Crippen LogP contribution in [0.5, 0.6) is 11.5 Å². The number of fused-ring (bicyclic) bond motifs is 1. The molecular formula is C28H26BrClFN3O3. The van der Waals surface area contributed by atoms with Gasteiger partial charge in [-0.25, -0.2) is 9.37 Å². The summed E-state index contributed by atoms with van der Waals surface area (Å²) in [6.07, 6.45) is 4.02. The maximum atomic E-state index is 13.3. The third kappa shape index (κ3) is 6.56. The molecule has 0 saturated carbocycles. The molecular weight excluding hydrogens is 561 g/mol. The monoisotopic (exact) mass is 585 g/mol. The second-order valence-electron chi connectivity index (χ2n) is 8.33. The zero-order valence-electron chi connectivity index (χ0n) is 20.5. The molecule has 0 spiro atoms. The van der Waals surface area contributed by atoms with Crippen LogP contribution in [0.15, 0.2) is 69.0 Å². The number of aromatic nitrogens is 2. The number of hydrogen-bond acceptors (Lipinski definition) is 5. The third-order valence-corrected chi connectivity index (χ3v) is 6.35. The molecule has 1 heterocycles. The van der Waals surface area contributed by atoms with E-state index in [9.17, 15) is 9.18 Å². The molecule has 0 fully saturated rings. The first kappa shape index (κ1) is 26.8. The molecule has 4 rings (SSSR count). The van der Waals surface area contributed by atoms with E-state index in [1.165, 1.54) is 16.8 Å². The standard InChI is InChI=1S/C28H26BrClFN3O3/c1-3-5-6-26-33-24-12-9-20(29)15-22(24)28(35)34(26)32-16-19-13-23(30)27(25(14-19)36-4-2)37-17-18-7-10-21(31)11-8-18/h7-16H,3-6,17H2,1-2H3. The van der Waals surface area contributed by atoms with E-state index >= 15 is 0 Å². The average molecular weight is 587 g/mol. The number of ether oxygens (including phenoxy) is 2. The topological polar surface area (TPSA) is 65.7 Å². The van der Waals surface area contributed by atoms with Crippen LogP contribution < -0.4 is 15.0 Å². The van der Waals surface area contributed by atoms with E-state index < -0.39 is 0 Å². The van der Waals surface area contributed by atoms with E-state index in [-0.39, 0.29) is 18.0 Å². The van der Waals surface area contributed by atoms with E-state index in [1.54, 1.807) is 36.5 Å². The second kappa shape index (κ2) is 12.3. The largest absolute Gasteiger partial charge is 0.490 e. The third-order valence-electron chi connectivity index (χ3n) is 5.58. The molecule has 0 unspecified atom stereocenters. The Labute approximate surface area is 227 Å². The van der Waals surface area contributed by atoms with Gasteiger partial charge in [-0.1, -0.05) is 53.0 Å².